The van der Waals surface area contributed by atoms with Crippen molar-refractivity contribution >= 4 is 12.0 Å². The molecule has 1 aromatic heterocycles. The highest BCUT2D eigenvalue weighted by Gasteiger charge is 2.58. The summed E-state index contributed by atoms with van der Waals surface area (Å²) in [6.45, 7) is 8.44. The van der Waals surface area contributed by atoms with Gasteiger partial charge in [0.25, 0.3) is 0 Å². The molecule has 4 nitrogen and oxygen atoms in total. The topological polar surface area (TPSA) is 59.4 Å². The minimum Gasteiger partial charge on any atom is -0.460 e. The number of ether oxygens (including phenoxy) is 1. The van der Waals surface area contributed by atoms with Crippen LogP contribution in [0.25, 0.3) is 17.2 Å². The van der Waals surface area contributed by atoms with E-state index in [1.54, 1.807) is 0 Å². The molecule has 4 heteroatoms. The molecule has 2 aliphatic rings. The SMILES string of the molecule is C[C@H]1OC(=O)[C@]2(O)CC(C)(C)[C@@H](C)[C@H](/C=C/c3ccc(-c4ccccc4)cn3)CC[C@@H]12. The zero-order valence-electron chi connectivity index (χ0n) is 18.9. The van der Waals surface area contributed by atoms with Crippen LogP contribution in [0.2, 0.25) is 0 Å². The fourth-order valence-corrected chi connectivity index (χ4v) is 5.42. The molecular formula is C27H33NO3. The number of carbonyl (C=O) groups excluding carboxylic acids is 1. The zero-order valence-corrected chi connectivity index (χ0v) is 18.9. The number of esters is 1. The van der Waals surface area contributed by atoms with Crippen LogP contribution < -0.4 is 0 Å². The Morgan fingerprint density at radius 3 is 2.48 bits per heavy atom. The van der Waals surface area contributed by atoms with Crippen LogP contribution >= 0.6 is 0 Å². The molecule has 0 bridgehead atoms. The predicted molar refractivity (Wildman–Crippen MR) is 123 cm³/mol. The van der Waals surface area contributed by atoms with Crippen LogP contribution in [0.3, 0.4) is 0 Å². The minimum absolute atomic E-state index is 0.147. The zero-order chi connectivity index (χ0) is 22.2. The van der Waals surface area contributed by atoms with Gasteiger partial charge < -0.3 is 9.84 Å². The number of pyridine rings is 1. The first-order valence-corrected chi connectivity index (χ1v) is 11.3. The second-order valence-corrected chi connectivity index (χ2v) is 10.0. The molecule has 0 radical (unpaired) electrons. The van der Waals surface area contributed by atoms with Gasteiger partial charge in [0.2, 0.25) is 0 Å². The Balaban J connectivity index is 1.53. The normalized spacial score (nSPS) is 32.9. The second-order valence-electron chi connectivity index (χ2n) is 10.0. The summed E-state index contributed by atoms with van der Waals surface area (Å²) in [5, 5.41) is 11.2. The van der Waals surface area contributed by atoms with Crippen molar-refractivity contribution in [3.8, 4) is 11.1 Å². The Kier molecular flexibility index (Phi) is 5.78. The molecule has 164 valence electrons. The van der Waals surface area contributed by atoms with Crippen molar-refractivity contribution in [1.82, 2.24) is 4.98 Å². The molecule has 1 N–H and O–H groups in total. The van der Waals surface area contributed by atoms with Crippen LogP contribution in [0.15, 0.2) is 54.7 Å². The highest BCUT2D eigenvalue weighted by Crippen LogP contribution is 2.50. The van der Waals surface area contributed by atoms with Gasteiger partial charge in [-0.15, -0.1) is 0 Å². The molecule has 0 spiro atoms. The fraction of sp³-hybridized carbons (Fsp3) is 0.481. The van der Waals surface area contributed by atoms with Gasteiger partial charge >= 0.3 is 5.97 Å². The number of cyclic esters (lactones) is 1. The molecule has 1 aromatic carbocycles. The van der Waals surface area contributed by atoms with Gasteiger partial charge in [-0.3, -0.25) is 4.98 Å². The lowest BCUT2D eigenvalue weighted by Gasteiger charge is -2.44. The average Bonchev–Trinajstić information content (AvgIpc) is 2.95. The van der Waals surface area contributed by atoms with E-state index in [1.165, 1.54) is 0 Å². The summed E-state index contributed by atoms with van der Waals surface area (Å²) < 4.78 is 5.45. The van der Waals surface area contributed by atoms with Crippen LogP contribution in [0.4, 0.5) is 0 Å². The van der Waals surface area contributed by atoms with E-state index < -0.39 is 11.6 Å². The molecule has 1 saturated carbocycles. The number of hydrogen-bond donors (Lipinski definition) is 1. The van der Waals surface area contributed by atoms with E-state index in [0.717, 1.165) is 29.7 Å². The summed E-state index contributed by atoms with van der Waals surface area (Å²) in [5.41, 5.74) is 1.65. The molecule has 2 heterocycles. The molecular weight excluding hydrogens is 386 g/mol. The van der Waals surface area contributed by atoms with Crippen LogP contribution in [0.1, 0.15) is 52.7 Å². The van der Waals surface area contributed by atoms with E-state index in [9.17, 15) is 9.90 Å². The van der Waals surface area contributed by atoms with Crippen LogP contribution in [0.5, 0.6) is 0 Å². The highest BCUT2D eigenvalue weighted by molar-refractivity contribution is 5.82. The Morgan fingerprint density at radius 1 is 1.06 bits per heavy atom. The van der Waals surface area contributed by atoms with Gasteiger partial charge in [-0.1, -0.05) is 63.2 Å². The highest BCUT2D eigenvalue weighted by atomic mass is 16.6. The molecule has 2 aromatic rings. The molecule has 0 unspecified atom stereocenters. The standard InChI is InChI=1S/C27H33NO3/c1-18-20(10-13-23-14-11-22(16-28-23)21-8-6-5-7-9-21)12-15-24-19(2)31-25(29)27(24,30)17-26(18,3)4/h5-11,13-14,16,18-20,24,30H,12,15,17H2,1-4H3/b13-10+/t18-,19+,20+,24-,27-/m0/s1. The summed E-state index contributed by atoms with van der Waals surface area (Å²) >= 11 is 0. The Morgan fingerprint density at radius 2 is 1.81 bits per heavy atom. The number of rotatable bonds is 3. The van der Waals surface area contributed by atoms with Gasteiger partial charge in [0.15, 0.2) is 5.60 Å². The third-order valence-electron chi connectivity index (χ3n) is 7.65. The van der Waals surface area contributed by atoms with E-state index in [1.807, 2.05) is 31.3 Å². The maximum absolute atomic E-state index is 12.4. The third kappa shape index (κ3) is 4.18. The van der Waals surface area contributed by atoms with Gasteiger partial charge in [0.1, 0.15) is 6.10 Å². The smallest absolute Gasteiger partial charge is 0.338 e. The number of hydrogen-bond acceptors (Lipinski definition) is 4. The van der Waals surface area contributed by atoms with Crippen molar-refractivity contribution in [3.63, 3.8) is 0 Å². The summed E-state index contributed by atoms with van der Waals surface area (Å²) in [6.07, 6.45) is 8.19. The van der Waals surface area contributed by atoms with E-state index >= 15 is 0 Å². The van der Waals surface area contributed by atoms with E-state index in [2.05, 4.69) is 62.2 Å². The number of nitrogens with zero attached hydrogens (tertiary/aromatic N) is 1. The van der Waals surface area contributed by atoms with Gasteiger partial charge in [0, 0.05) is 17.7 Å². The third-order valence-corrected chi connectivity index (χ3v) is 7.65. The van der Waals surface area contributed by atoms with Crippen molar-refractivity contribution in [2.45, 2.75) is 58.7 Å². The van der Waals surface area contributed by atoms with Crippen LogP contribution in [-0.4, -0.2) is 27.8 Å². The molecule has 1 saturated heterocycles. The number of aromatic nitrogens is 1. The van der Waals surface area contributed by atoms with Crippen molar-refractivity contribution < 1.29 is 14.6 Å². The molecule has 1 aliphatic heterocycles. The molecule has 1 aliphatic carbocycles. The van der Waals surface area contributed by atoms with E-state index in [0.29, 0.717) is 18.3 Å². The van der Waals surface area contributed by atoms with E-state index in [-0.39, 0.29) is 17.4 Å². The summed E-state index contributed by atoms with van der Waals surface area (Å²) in [5.74, 6) is 0.0620. The summed E-state index contributed by atoms with van der Waals surface area (Å²) in [4.78, 5) is 17.1. The summed E-state index contributed by atoms with van der Waals surface area (Å²) in [7, 11) is 0. The van der Waals surface area contributed by atoms with Gasteiger partial charge in [-0.25, -0.2) is 4.79 Å². The predicted octanol–water partition coefficient (Wildman–Crippen LogP) is 5.52. The Labute approximate surface area is 185 Å². The summed E-state index contributed by atoms with van der Waals surface area (Å²) in [6, 6.07) is 14.4. The molecule has 5 atom stereocenters. The van der Waals surface area contributed by atoms with Crippen molar-refractivity contribution in [2.75, 3.05) is 0 Å². The van der Waals surface area contributed by atoms with Crippen molar-refractivity contribution in [2.24, 2.45) is 23.2 Å². The maximum atomic E-state index is 12.4. The Hall–Kier alpha value is -2.46. The molecule has 2 fully saturated rings. The fourth-order valence-electron chi connectivity index (χ4n) is 5.42. The molecule has 0 amide bonds. The average molecular weight is 420 g/mol. The Bertz CT molecular complexity index is 950. The van der Waals surface area contributed by atoms with Gasteiger partial charge in [-0.2, -0.15) is 0 Å². The maximum Gasteiger partial charge on any atom is 0.338 e. The molecule has 4 rings (SSSR count). The number of benzene rings is 1. The lowest BCUT2D eigenvalue weighted by atomic mass is 9.61. The first kappa shape index (κ1) is 21.8. The van der Waals surface area contributed by atoms with Crippen LogP contribution in [0, 0.1) is 23.2 Å². The largest absolute Gasteiger partial charge is 0.460 e. The van der Waals surface area contributed by atoms with Gasteiger partial charge in [0.05, 0.1) is 5.69 Å². The lowest BCUT2D eigenvalue weighted by Crippen LogP contribution is -2.49. The number of aliphatic hydroxyl groups is 1. The number of carbonyl (C=O) groups is 1. The van der Waals surface area contributed by atoms with Crippen LogP contribution in [-0.2, 0) is 9.53 Å². The monoisotopic (exact) mass is 419 g/mol. The number of fused-ring (bicyclic) bond motifs is 1. The second kappa shape index (κ2) is 8.23. The van der Waals surface area contributed by atoms with E-state index in [4.69, 9.17) is 4.74 Å². The quantitative estimate of drug-likeness (QED) is 0.666. The lowest BCUT2D eigenvalue weighted by molar-refractivity contribution is -0.160. The van der Waals surface area contributed by atoms with Crippen molar-refractivity contribution in [3.05, 3.63) is 60.4 Å². The molecule has 31 heavy (non-hydrogen) atoms. The van der Waals surface area contributed by atoms with Gasteiger partial charge in [-0.05, 0) is 61.1 Å². The number of allylic oxidation sites excluding steroid dienone is 1. The minimum atomic E-state index is -1.36. The van der Waals surface area contributed by atoms with Crippen molar-refractivity contribution in [1.29, 1.82) is 0 Å². The first-order valence-electron chi connectivity index (χ1n) is 11.3. The first-order chi connectivity index (χ1) is 14.7.